The van der Waals surface area contributed by atoms with E-state index in [1.54, 1.807) is 0 Å². The van der Waals surface area contributed by atoms with Crippen LogP contribution in [-0.4, -0.2) is 81.6 Å². The van der Waals surface area contributed by atoms with Crippen LogP contribution in [0.1, 0.15) is 52.4 Å². The van der Waals surface area contributed by atoms with E-state index in [1.165, 1.54) is 0 Å². The van der Waals surface area contributed by atoms with Crippen LogP contribution in [0, 0.1) is 0 Å². The third-order valence-electron chi connectivity index (χ3n) is 7.50. The summed E-state index contributed by atoms with van der Waals surface area (Å²) in [6.45, 7) is 3.64. The fraction of sp³-hybridized carbons (Fsp3) is 0.900. The predicted molar refractivity (Wildman–Crippen MR) is 93.7 cm³/mol. The normalized spacial score (nSPS) is 58.4. The van der Waals surface area contributed by atoms with Gasteiger partial charge in [0.2, 0.25) is 0 Å². The zero-order chi connectivity index (χ0) is 21.1. The van der Waals surface area contributed by atoms with E-state index in [0.717, 1.165) is 0 Å². The summed E-state index contributed by atoms with van der Waals surface area (Å²) in [4.78, 5) is 23.7. The minimum absolute atomic E-state index is 0.155. The molecular weight excluding hydrogens is 400 g/mol. The van der Waals surface area contributed by atoms with Crippen molar-refractivity contribution >= 4 is 11.9 Å². The molecule has 10 heteroatoms. The summed E-state index contributed by atoms with van der Waals surface area (Å²) >= 11 is 0. The van der Waals surface area contributed by atoms with Crippen LogP contribution in [-0.2, 0) is 38.0 Å². The molecule has 0 aromatic rings. The van der Waals surface area contributed by atoms with Gasteiger partial charge in [0.15, 0.2) is 22.8 Å². The van der Waals surface area contributed by atoms with Crippen molar-refractivity contribution in [2.24, 2.45) is 0 Å². The maximum absolute atomic E-state index is 11.9. The second-order valence-corrected chi connectivity index (χ2v) is 10.0. The Morgan fingerprint density at radius 2 is 1.07 bits per heavy atom. The fourth-order valence-electron chi connectivity index (χ4n) is 5.97. The summed E-state index contributed by atoms with van der Waals surface area (Å²) in [5.41, 5.74) is -2.98. The van der Waals surface area contributed by atoms with Gasteiger partial charge >= 0.3 is 11.9 Å². The number of hydrogen-bond acceptors (Lipinski definition) is 10. The smallest absolute Gasteiger partial charge is 0.338 e. The van der Waals surface area contributed by atoms with Gasteiger partial charge in [0.25, 0.3) is 0 Å². The molecule has 2 N–H and O–H groups in total. The fourth-order valence-corrected chi connectivity index (χ4v) is 5.97. The molecule has 4 aliphatic heterocycles. The van der Waals surface area contributed by atoms with Crippen molar-refractivity contribution in [3.63, 3.8) is 0 Å². The Bertz CT molecular complexity index is 751. The second-order valence-electron chi connectivity index (χ2n) is 10.0. The van der Waals surface area contributed by atoms with Crippen LogP contribution < -0.4 is 0 Å². The van der Waals surface area contributed by atoms with Gasteiger partial charge in [-0.3, -0.25) is 0 Å². The topological polar surface area (TPSA) is 130 Å². The Balaban J connectivity index is 1.11. The number of esters is 2. The number of hydrogen-bond donors (Lipinski definition) is 2. The van der Waals surface area contributed by atoms with E-state index in [1.807, 2.05) is 13.8 Å². The lowest BCUT2D eigenvalue weighted by Crippen LogP contribution is -2.47. The standard InChI is InChI=1S/C20H26O10/c1-17(27-11-7-19(23)5-9(13(11)29-17)25-15(19)21)3-4-18(2)28-12-8-20(24)6-10(14(12)30-18)26-16(20)22/h9-14,23-24H,3-8H2,1-2H3. The Labute approximate surface area is 172 Å². The summed E-state index contributed by atoms with van der Waals surface area (Å²) < 4.78 is 35.1. The van der Waals surface area contributed by atoms with Gasteiger partial charge in [-0.15, -0.1) is 0 Å². The van der Waals surface area contributed by atoms with Gasteiger partial charge in [-0.05, 0) is 13.8 Å². The van der Waals surface area contributed by atoms with Crippen LogP contribution in [0.15, 0.2) is 0 Å². The summed E-state index contributed by atoms with van der Waals surface area (Å²) in [7, 11) is 0. The Hall–Kier alpha value is -1.30. The molecule has 6 aliphatic rings. The average Bonchev–Trinajstić information content (AvgIpc) is 3.30. The van der Waals surface area contributed by atoms with Gasteiger partial charge in [0, 0.05) is 38.5 Å². The Kier molecular flexibility index (Phi) is 3.70. The molecule has 10 nitrogen and oxygen atoms in total. The number of fused-ring (bicyclic) bond motifs is 8. The third kappa shape index (κ3) is 2.64. The molecule has 0 spiro atoms. The van der Waals surface area contributed by atoms with Crippen molar-refractivity contribution in [1.29, 1.82) is 0 Å². The molecule has 0 amide bonds. The monoisotopic (exact) mass is 426 g/mol. The molecule has 0 radical (unpaired) electrons. The number of rotatable bonds is 3. The molecule has 4 bridgehead atoms. The highest BCUT2D eigenvalue weighted by Crippen LogP contribution is 2.50. The van der Waals surface area contributed by atoms with Gasteiger partial charge in [-0.2, -0.15) is 0 Å². The molecule has 2 aliphatic carbocycles. The van der Waals surface area contributed by atoms with Crippen LogP contribution in [0.3, 0.4) is 0 Å². The van der Waals surface area contributed by atoms with Crippen LogP contribution in [0.4, 0.5) is 0 Å². The minimum atomic E-state index is -1.49. The number of carbonyl (C=O) groups is 2. The highest BCUT2D eigenvalue weighted by atomic mass is 16.8. The summed E-state index contributed by atoms with van der Waals surface area (Å²) in [5.74, 6) is -3.07. The maximum atomic E-state index is 11.9. The van der Waals surface area contributed by atoms with E-state index in [9.17, 15) is 19.8 Å². The Morgan fingerprint density at radius 1 is 0.700 bits per heavy atom. The highest BCUT2D eigenvalue weighted by molar-refractivity contribution is 5.82. The van der Waals surface area contributed by atoms with Gasteiger partial charge in [0.05, 0.1) is 12.2 Å². The lowest BCUT2D eigenvalue weighted by molar-refractivity contribution is -0.215. The van der Waals surface area contributed by atoms with Crippen LogP contribution >= 0.6 is 0 Å². The van der Waals surface area contributed by atoms with Crippen molar-refractivity contribution in [3.05, 3.63) is 0 Å². The number of carbonyl (C=O) groups excluding carboxylic acids is 2. The molecule has 166 valence electrons. The van der Waals surface area contributed by atoms with E-state index in [4.69, 9.17) is 28.4 Å². The zero-order valence-electron chi connectivity index (χ0n) is 16.9. The van der Waals surface area contributed by atoms with Gasteiger partial charge in [-0.25, -0.2) is 9.59 Å². The first kappa shape index (κ1) is 19.4. The first-order valence-electron chi connectivity index (χ1n) is 10.6. The van der Waals surface area contributed by atoms with Gasteiger partial charge in [-0.1, -0.05) is 0 Å². The molecule has 4 saturated heterocycles. The lowest BCUT2D eigenvalue weighted by Gasteiger charge is -2.30. The zero-order valence-corrected chi connectivity index (χ0v) is 16.9. The summed E-state index contributed by atoms with van der Waals surface area (Å²) in [6.07, 6.45) is -1.02. The SMILES string of the molecule is CC1(CCC2(C)OC3CC4(O)CC(OC4=O)C3O2)OC2CC3(O)CC(OC3=O)C2O1. The highest BCUT2D eigenvalue weighted by Gasteiger charge is 2.65. The van der Waals surface area contributed by atoms with E-state index in [0.29, 0.717) is 12.8 Å². The van der Waals surface area contributed by atoms with Gasteiger partial charge < -0.3 is 38.6 Å². The quantitative estimate of drug-likeness (QED) is 0.579. The Morgan fingerprint density at radius 3 is 1.47 bits per heavy atom. The lowest BCUT2D eigenvalue weighted by atomic mass is 9.82. The van der Waals surface area contributed by atoms with E-state index in [-0.39, 0.29) is 25.7 Å². The van der Waals surface area contributed by atoms with Crippen molar-refractivity contribution < 1.29 is 48.2 Å². The molecule has 0 aromatic heterocycles. The summed E-state index contributed by atoms with van der Waals surface area (Å²) in [6, 6.07) is 0. The second kappa shape index (κ2) is 5.73. The van der Waals surface area contributed by atoms with Crippen LogP contribution in [0.5, 0.6) is 0 Å². The molecule has 10 atom stereocenters. The molecule has 2 saturated carbocycles. The molecule has 6 rings (SSSR count). The van der Waals surface area contributed by atoms with Crippen molar-refractivity contribution in [2.75, 3.05) is 0 Å². The van der Waals surface area contributed by atoms with Crippen molar-refractivity contribution in [2.45, 2.75) is 112 Å². The summed E-state index contributed by atoms with van der Waals surface area (Å²) in [5, 5.41) is 20.9. The minimum Gasteiger partial charge on any atom is -0.457 e. The average molecular weight is 426 g/mol. The number of aliphatic hydroxyl groups is 2. The van der Waals surface area contributed by atoms with E-state index < -0.39 is 71.3 Å². The molecule has 10 unspecified atom stereocenters. The van der Waals surface area contributed by atoms with Crippen molar-refractivity contribution in [1.82, 2.24) is 0 Å². The van der Waals surface area contributed by atoms with E-state index in [2.05, 4.69) is 0 Å². The third-order valence-corrected chi connectivity index (χ3v) is 7.50. The molecule has 30 heavy (non-hydrogen) atoms. The van der Waals surface area contributed by atoms with Crippen molar-refractivity contribution in [3.8, 4) is 0 Å². The molecule has 4 heterocycles. The van der Waals surface area contributed by atoms with E-state index >= 15 is 0 Å². The largest absolute Gasteiger partial charge is 0.457 e. The molecule has 6 fully saturated rings. The molecule has 0 aromatic carbocycles. The van der Waals surface area contributed by atoms with Crippen LogP contribution in [0.25, 0.3) is 0 Å². The first-order valence-corrected chi connectivity index (χ1v) is 10.6. The predicted octanol–water partition coefficient (Wildman–Crippen LogP) is -0.332. The van der Waals surface area contributed by atoms with Gasteiger partial charge in [0.1, 0.15) is 24.4 Å². The maximum Gasteiger partial charge on any atom is 0.338 e. The first-order chi connectivity index (χ1) is 14.0. The number of ether oxygens (including phenoxy) is 6. The van der Waals surface area contributed by atoms with Crippen LogP contribution in [0.2, 0.25) is 0 Å². The molecular formula is C20H26O10.